The molecule has 2 aliphatic rings. The smallest absolute Gasteiger partial charge is 0.256 e. The van der Waals surface area contributed by atoms with Crippen molar-refractivity contribution >= 4 is 16.8 Å². The van der Waals surface area contributed by atoms with Crippen molar-refractivity contribution < 1.29 is 4.79 Å². The van der Waals surface area contributed by atoms with Gasteiger partial charge in [-0.05, 0) is 57.1 Å². The van der Waals surface area contributed by atoms with Gasteiger partial charge in [-0.15, -0.1) is 0 Å². The van der Waals surface area contributed by atoms with E-state index in [0.717, 1.165) is 31.2 Å². The number of nitrogens with one attached hydrogen (secondary N) is 1. The first kappa shape index (κ1) is 16.1. The number of amides is 1. The lowest BCUT2D eigenvalue weighted by molar-refractivity contribution is 0.0952. The highest BCUT2D eigenvalue weighted by atomic mass is 16.2. The summed E-state index contributed by atoms with van der Waals surface area (Å²) in [4.78, 5) is 25.4. The summed E-state index contributed by atoms with van der Waals surface area (Å²) in [5.74, 6) is -0.253. The van der Waals surface area contributed by atoms with Crippen molar-refractivity contribution in [3.63, 3.8) is 0 Å². The Kier molecular flexibility index (Phi) is 4.20. The van der Waals surface area contributed by atoms with Gasteiger partial charge in [0.2, 0.25) is 5.43 Å². The molecule has 2 aromatic rings. The van der Waals surface area contributed by atoms with E-state index in [9.17, 15) is 9.59 Å². The minimum absolute atomic E-state index is 0.156. The van der Waals surface area contributed by atoms with E-state index in [1.54, 1.807) is 6.20 Å². The second-order valence-electron chi connectivity index (χ2n) is 7.26. The number of allylic oxidation sites excluding steroid dienone is 1. The molecule has 0 radical (unpaired) electrons. The standard InChI is InChI=1S/C21H24N2O2/c1-14-12-16-8-5-9-17-19(16)23(14)13-18(20(17)24)21(25)22-11-10-15-6-3-2-4-7-15/h5-6,8-9,13-14H,2-4,7,10-12H2,1H3,(H,22,25)/t14-/m0/s1. The van der Waals surface area contributed by atoms with Crippen LogP contribution >= 0.6 is 0 Å². The Bertz CT molecular complexity index is 923. The largest absolute Gasteiger partial charge is 0.352 e. The molecule has 25 heavy (non-hydrogen) atoms. The van der Waals surface area contributed by atoms with Crippen molar-refractivity contribution in [1.29, 1.82) is 0 Å². The molecule has 1 amide bonds. The van der Waals surface area contributed by atoms with Crippen LogP contribution in [0.25, 0.3) is 10.9 Å². The summed E-state index contributed by atoms with van der Waals surface area (Å²) in [5.41, 5.74) is 3.72. The van der Waals surface area contributed by atoms with Crippen LogP contribution in [0.15, 0.2) is 40.8 Å². The lowest BCUT2D eigenvalue weighted by atomic mass is 9.97. The molecule has 130 valence electrons. The van der Waals surface area contributed by atoms with Crippen molar-refractivity contribution in [1.82, 2.24) is 9.88 Å². The Morgan fingerprint density at radius 3 is 3.00 bits per heavy atom. The van der Waals surface area contributed by atoms with E-state index in [0.29, 0.717) is 11.9 Å². The minimum atomic E-state index is -0.253. The topological polar surface area (TPSA) is 51.1 Å². The summed E-state index contributed by atoms with van der Waals surface area (Å²) in [5, 5.41) is 3.60. The highest BCUT2D eigenvalue weighted by molar-refractivity contribution is 5.98. The molecule has 0 saturated heterocycles. The van der Waals surface area contributed by atoms with E-state index in [2.05, 4.69) is 29.0 Å². The zero-order chi connectivity index (χ0) is 17.4. The molecule has 2 heterocycles. The second kappa shape index (κ2) is 6.51. The summed E-state index contributed by atoms with van der Waals surface area (Å²) in [6, 6.07) is 6.09. The number of aromatic nitrogens is 1. The summed E-state index contributed by atoms with van der Waals surface area (Å²) in [6.45, 7) is 2.72. The first-order chi connectivity index (χ1) is 12.1. The third-order valence-corrected chi connectivity index (χ3v) is 5.49. The van der Waals surface area contributed by atoms with E-state index in [-0.39, 0.29) is 22.9 Å². The van der Waals surface area contributed by atoms with Gasteiger partial charge in [0.25, 0.3) is 5.91 Å². The van der Waals surface area contributed by atoms with Crippen LogP contribution in [0.5, 0.6) is 0 Å². The summed E-state index contributed by atoms with van der Waals surface area (Å²) >= 11 is 0. The fraction of sp³-hybridized carbons (Fsp3) is 0.429. The van der Waals surface area contributed by atoms with Gasteiger partial charge in [-0.1, -0.05) is 23.8 Å². The number of pyridine rings is 1. The Morgan fingerprint density at radius 2 is 2.20 bits per heavy atom. The Balaban J connectivity index is 1.57. The molecule has 4 nitrogen and oxygen atoms in total. The predicted molar refractivity (Wildman–Crippen MR) is 100 cm³/mol. The minimum Gasteiger partial charge on any atom is -0.352 e. The lowest BCUT2D eigenvalue weighted by Gasteiger charge is -2.14. The van der Waals surface area contributed by atoms with Gasteiger partial charge >= 0.3 is 0 Å². The number of carbonyl (C=O) groups is 1. The zero-order valence-corrected chi connectivity index (χ0v) is 14.7. The maximum Gasteiger partial charge on any atom is 0.256 e. The molecule has 4 rings (SSSR count). The molecule has 1 N–H and O–H groups in total. The molecule has 1 aliphatic heterocycles. The van der Waals surface area contributed by atoms with E-state index >= 15 is 0 Å². The van der Waals surface area contributed by atoms with Gasteiger partial charge in [-0.2, -0.15) is 0 Å². The van der Waals surface area contributed by atoms with Crippen LogP contribution in [-0.2, 0) is 6.42 Å². The molecule has 4 heteroatoms. The molecule has 0 fully saturated rings. The van der Waals surface area contributed by atoms with Crippen molar-refractivity contribution in [2.45, 2.75) is 51.5 Å². The van der Waals surface area contributed by atoms with Gasteiger partial charge in [0.15, 0.2) is 0 Å². The van der Waals surface area contributed by atoms with Crippen molar-refractivity contribution in [3.8, 4) is 0 Å². The molecule has 0 unspecified atom stereocenters. The van der Waals surface area contributed by atoms with Gasteiger partial charge < -0.3 is 9.88 Å². The third kappa shape index (κ3) is 2.90. The average molecular weight is 336 g/mol. The number of rotatable bonds is 4. The predicted octanol–water partition coefficient (Wildman–Crippen LogP) is 3.74. The molecule has 1 atom stereocenters. The van der Waals surface area contributed by atoms with Crippen LogP contribution in [0.1, 0.15) is 61.0 Å². The molecule has 0 bridgehead atoms. The normalized spacial score (nSPS) is 19.1. The quantitative estimate of drug-likeness (QED) is 0.865. The van der Waals surface area contributed by atoms with Gasteiger partial charge in [-0.3, -0.25) is 9.59 Å². The molecule has 0 spiro atoms. The summed E-state index contributed by atoms with van der Waals surface area (Å²) in [7, 11) is 0. The molecular weight excluding hydrogens is 312 g/mol. The number of hydrogen-bond acceptors (Lipinski definition) is 2. The highest BCUT2D eigenvalue weighted by Gasteiger charge is 2.24. The summed E-state index contributed by atoms with van der Waals surface area (Å²) < 4.78 is 2.09. The SMILES string of the molecule is C[C@H]1Cc2cccc3c(=O)c(C(=O)NCCC4=CCCCC4)cn1c23. The summed E-state index contributed by atoms with van der Waals surface area (Å²) in [6.07, 6.45) is 10.6. The van der Waals surface area contributed by atoms with E-state index in [4.69, 9.17) is 0 Å². The zero-order valence-electron chi connectivity index (χ0n) is 14.7. The number of carbonyl (C=O) groups excluding carboxylic acids is 1. The van der Waals surface area contributed by atoms with Crippen LogP contribution in [0.2, 0.25) is 0 Å². The lowest BCUT2D eigenvalue weighted by Crippen LogP contribution is -2.30. The van der Waals surface area contributed by atoms with Gasteiger partial charge in [0.1, 0.15) is 5.56 Å². The number of para-hydroxylation sites is 1. The number of nitrogens with zero attached hydrogens (tertiary/aromatic N) is 1. The van der Waals surface area contributed by atoms with E-state index in [1.807, 2.05) is 12.1 Å². The van der Waals surface area contributed by atoms with Gasteiger partial charge in [0, 0.05) is 24.2 Å². The first-order valence-electron chi connectivity index (χ1n) is 9.28. The molecule has 1 aliphatic carbocycles. The van der Waals surface area contributed by atoms with Crippen LogP contribution in [0.4, 0.5) is 0 Å². The third-order valence-electron chi connectivity index (χ3n) is 5.49. The Hall–Kier alpha value is -2.36. The van der Waals surface area contributed by atoms with Crippen molar-refractivity contribution in [2.24, 2.45) is 0 Å². The maximum atomic E-state index is 12.8. The van der Waals surface area contributed by atoms with Crippen molar-refractivity contribution in [2.75, 3.05) is 6.54 Å². The average Bonchev–Trinajstić information content (AvgIpc) is 2.95. The fourth-order valence-electron chi connectivity index (χ4n) is 4.14. The Labute approximate surface area is 147 Å². The number of benzene rings is 1. The molecule has 1 aromatic heterocycles. The highest BCUT2D eigenvalue weighted by Crippen LogP contribution is 2.30. The van der Waals surface area contributed by atoms with E-state index < -0.39 is 0 Å². The van der Waals surface area contributed by atoms with Crippen LogP contribution in [-0.4, -0.2) is 17.0 Å². The van der Waals surface area contributed by atoms with Crippen LogP contribution < -0.4 is 10.7 Å². The number of hydrogen-bond donors (Lipinski definition) is 1. The van der Waals surface area contributed by atoms with Gasteiger partial charge in [-0.25, -0.2) is 0 Å². The Morgan fingerprint density at radius 1 is 1.32 bits per heavy atom. The fourth-order valence-corrected chi connectivity index (χ4v) is 4.14. The molecule has 0 saturated carbocycles. The first-order valence-corrected chi connectivity index (χ1v) is 9.28. The molecule has 1 aromatic carbocycles. The van der Waals surface area contributed by atoms with Crippen LogP contribution in [0, 0.1) is 0 Å². The maximum absolute atomic E-state index is 12.8. The van der Waals surface area contributed by atoms with Gasteiger partial charge in [0.05, 0.1) is 5.52 Å². The van der Waals surface area contributed by atoms with E-state index in [1.165, 1.54) is 24.0 Å². The monoisotopic (exact) mass is 336 g/mol. The van der Waals surface area contributed by atoms with Crippen LogP contribution in [0.3, 0.4) is 0 Å². The molecular formula is C21H24N2O2. The van der Waals surface area contributed by atoms with Crippen molar-refractivity contribution in [3.05, 3.63) is 57.4 Å². The second-order valence-corrected chi connectivity index (χ2v) is 7.26.